The van der Waals surface area contributed by atoms with E-state index in [1.54, 1.807) is 14.2 Å². The number of fused-ring (bicyclic) bond motifs is 2. The average molecular weight is 498 g/mol. The number of anilines is 1. The first-order valence-corrected chi connectivity index (χ1v) is 13.2. The van der Waals surface area contributed by atoms with Crippen molar-refractivity contribution >= 4 is 17.1 Å². The van der Waals surface area contributed by atoms with Gasteiger partial charge < -0.3 is 14.4 Å². The second kappa shape index (κ2) is 11.5. The summed E-state index contributed by atoms with van der Waals surface area (Å²) >= 11 is 0. The largest absolute Gasteiger partial charge is 0.383 e. The summed E-state index contributed by atoms with van der Waals surface area (Å²) in [5, 5.41) is 0. The van der Waals surface area contributed by atoms with E-state index in [1.807, 2.05) is 0 Å². The van der Waals surface area contributed by atoms with Crippen LogP contribution in [0.1, 0.15) is 38.8 Å². The molecular formula is C33H41N2O2+. The summed E-state index contributed by atoms with van der Waals surface area (Å²) in [6, 6.07) is 17.4. The number of rotatable bonds is 10. The molecule has 2 aliphatic heterocycles. The molecule has 2 aliphatic rings. The number of para-hydroxylation sites is 2. The zero-order valence-corrected chi connectivity index (χ0v) is 23.2. The van der Waals surface area contributed by atoms with E-state index in [0.29, 0.717) is 13.2 Å². The highest BCUT2D eigenvalue weighted by Crippen LogP contribution is 2.47. The summed E-state index contributed by atoms with van der Waals surface area (Å²) in [6.45, 7) is 12.2. The third kappa shape index (κ3) is 5.27. The standard InChI is InChI=1S/C33H41N2O2/c1-32(2)26-16-12-14-18-28(26)34(22-24-36-5)30(32)20-10-8-7-9-11-21-31-33(3,4)27-17-13-15-19-29(27)35(31)23-25-37-6/h7-21H,22-25H2,1-6H3/q+1. The van der Waals surface area contributed by atoms with E-state index >= 15 is 0 Å². The minimum absolute atomic E-state index is 0.0519. The van der Waals surface area contributed by atoms with E-state index in [4.69, 9.17) is 9.47 Å². The molecule has 4 rings (SSSR count). The van der Waals surface area contributed by atoms with E-state index in [-0.39, 0.29) is 10.8 Å². The van der Waals surface area contributed by atoms with E-state index in [0.717, 1.165) is 13.1 Å². The number of methoxy groups -OCH3 is 2. The normalized spacial score (nSPS) is 19.2. The molecule has 2 aromatic carbocycles. The first-order valence-electron chi connectivity index (χ1n) is 13.2. The zero-order valence-electron chi connectivity index (χ0n) is 23.2. The lowest BCUT2D eigenvalue weighted by Crippen LogP contribution is -2.28. The smallest absolute Gasteiger partial charge is 0.209 e. The van der Waals surface area contributed by atoms with Crippen molar-refractivity contribution in [1.29, 1.82) is 0 Å². The topological polar surface area (TPSA) is 24.7 Å². The lowest BCUT2D eigenvalue weighted by atomic mass is 9.81. The number of hydrogen-bond acceptors (Lipinski definition) is 3. The van der Waals surface area contributed by atoms with Gasteiger partial charge in [-0.05, 0) is 31.6 Å². The summed E-state index contributed by atoms with van der Waals surface area (Å²) in [7, 11) is 3.52. The van der Waals surface area contributed by atoms with Crippen LogP contribution in [0.3, 0.4) is 0 Å². The highest BCUT2D eigenvalue weighted by Gasteiger charge is 2.43. The van der Waals surface area contributed by atoms with Gasteiger partial charge in [-0.25, -0.2) is 0 Å². The molecular weight excluding hydrogens is 456 g/mol. The minimum atomic E-state index is -0.0519. The van der Waals surface area contributed by atoms with Crippen LogP contribution >= 0.6 is 0 Å². The fourth-order valence-corrected chi connectivity index (χ4v) is 5.61. The van der Waals surface area contributed by atoms with Gasteiger partial charge in [0.2, 0.25) is 5.69 Å². The average Bonchev–Trinajstić information content (AvgIpc) is 3.24. The molecule has 4 nitrogen and oxygen atoms in total. The zero-order chi connectivity index (χ0) is 26.5. The molecule has 2 heterocycles. The third-order valence-electron chi connectivity index (χ3n) is 7.59. The Balaban J connectivity index is 1.51. The summed E-state index contributed by atoms with van der Waals surface area (Å²) in [6.07, 6.45) is 15.1. The maximum Gasteiger partial charge on any atom is 0.209 e. The molecule has 4 heteroatoms. The molecule has 0 saturated heterocycles. The van der Waals surface area contributed by atoms with E-state index in [9.17, 15) is 0 Å². The number of allylic oxidation sites excluding steroid dienone is 8. The quantitative estimate of drug-likeness (QED) is 0.269. The van der Waals surface area contributed by atoms with Crippen molar-refractivity contribution < 1.29 is 14.0 Å². The molecule has 0 spiro atoms. The van der Waals surface area contributed by atoms with Crippen molar-refractivity contribution in [2.45, 2.75) is 38.5 Å². The van der Waals surface area contributed by atoms with Gasteiger partial charge in [0.1, 0.15) is 6.61 Å². The molecule has 0 saturated carbocycles. The van der Waals surface area contributed by atoms with Crippen molar-refractivity contribution in [1.82, 2.24) is 0 Å². The van der Waals surface area contributed by atoms with Crippen LogP contribution in [0.5, 0.6) is 0 Å². The van der Waals surface area contributed by atoms with Crippen molar-refractivity contribution in [2.24, 2.45) is 0 Å². The molecule has 194 valence electrons. The van der Waals surface area contributed by atoms with E-state index < -0.39 is 0 Å². The van der Waals surface area contributed by atoms with Crippen molar-refractivity contribution in [2.75, 3.05) is 45.4 Å². The maximum atomic E-state index is 5.39. The van der Waals surface area contributed by atoms with Crippen molar-refractivity contribution in [3.8, 4) is 0 Å². The molecule has 37 heavy (non-hydrogen) atoms. The van der Waals surface area contributed by atoms with Gasteiger partial charge in [-0.15, -0.1) is 0 Å². The van der Waals surface area contributed by atoms with E-state index in [2.05, 4.69) is 128 Å². The van der Waals surface area contributed by atoms with Crippen LogP contribution in [0.15, 0.2) is 96.8 Å². The number of hydrogen-bond donors (Lipinski definition) is 0. The van der Waals surface area contributed by atoms with Crippen molar-refractivity contribution in [3.05, 3.63) is 108 Å². The predicted octanol–water partition coefficient (Wildman–Crippen LogP) is 6.71. The second-order valence-electron chi connectivity index (χ2n) is 10.6. The van der Waals surface area contributed by atoms with Crippen LogP contribution in [0.2, 0.25) is 0 Å². The molecule has 0 N–H and O–H groups in total. The first-order chi connectivity index (χ1) is 17.8. The Hall–Kier alpha value is -3.21. The Morgan fingerprint density at radius 1 is 0.757 bits per heavy atom. The fourth-order valence-electron chi connectivity index (χ4n) is 5.61. The maximum absolute atomic E-state index is 5.39. The summed E-state index contributed by atoms with van der Waals surface area (Å²) < 4.78 is 13.2. The van der Waals surface area contributed by atoms with Crippen LogP contribution in [-0.2, 0) is 20.3 Å². The molecule has 0 aliphatic carbocycles. The Morgan fingerprint density at radius 2 is 1.41 bits per heavy atom. The van der Waals surface area contributed by atoms with Crippen LogP contribution in [0, 0.1) is 0 Å². The molecule has 0 unspecified atom stereocenters. The number of benzene rings is 2. The lowest BCUT2D eigenvalue weighted by Gasteiger charge is -2.26. The van der Waals surface area contributed by atoms with Gasteiger partial charge in [0.25, 0.3) is 0 Å². The van der Waals surface area contributed by atoms with Gasteiger partial charge in [0.05, 0.1) is 12.0 Å². The van der Waals surface area contributed by atoms with Gasteiger partial charge in [0.15, 0.2) is 12.3 Å². The van der Waals surface area contributed by atoms with Gasteiger partial charge in [0, 0.05) is 55.3 Å². The molecule has 0 bridgehead atoms. The van der Waals surface area contributed by atoms with E-state index in [1.165, 1.54) is 33.9 Å². The van der Waals surface area contributed by atoms with Crippen LogP contribution in [-0.4, -0.2) is 50.8 Å². The predicted molar refractivity (Wildman–Crippen MR) is 155 cm³/mol. The third-order valence-corrected chi connectivity index (χ3v) is 7.59. The lowest BCUT2D eigenvalue weighted by molar-refractivity contribution is -0.441. The number of nitrogens with zero attached hydrogens (tertiary/aromatic N) is 2. The monoisotopic (exact) mass is 497 g/mol. The summed E-state index contributed by atoms with van der Waals surface area (Å²) in [5.41, 5.74) is 7.75. The van der Waals surface area contributed by atoms with Gasteiger partial charge in [-0.1, -0.05) is 80.6 Å². The first kappa shape index (κ1) is 26.8. The highest BCUT2D eigenvalue weighted by atomic mass is 16.5. The molecule has 0 aromatic heterocycles. The summed E-state index contributed by atoms with van der Waals surface area (Å²) in [5.74, 6) is 0. The second-order valence-corrected chi connectivity index (χ2v) is 10.6. The molecule has 0 radical (unpaired) electrons. The molecule has 0 atom stereocenters. The van der Waals surface area contributed by atoms with Gasteiger partial charge in [-0.2, -0.15) is 4.58 Å². The summed E-state index contributed by atoms with van der Waals surface area (Å²) in [4.78, 5) is 2.39. The molecule has 0 fully saturated rings. The van der Waals surface area contributed by atoms with Crippen LogP contribution < -0.4 is 4.90 Å². The Labute approximate surface area is 222 Å². The van der Waals surface area contributed by atoms with Crippen LogP contribution in [0.4, 0.5) is 11.4 Å². The Kier molecular flexibility index (Phi) is 8.31. The van der Waals surface area contributed by atoms with Crippen LogP contribution in [0.25, 0.3) is 0 Å². The number of ether oxygens (including phenoxy) is 2. The minimum Gasteiger partial charge on any atom is -0.383 e. The SMILES string of the molecule is COCCN1C(=CC=CC=CC=CC2=[N+](CCOC)c3ccccc3C2(C)C)C(C)(C)c2ccccc21. The highest BCUT2D eigenvalue weighted by molar-refractivity contribution is 6.03. The molecule has 0 amide bonds. The van der Waals surface area contributed by atoms with Crippen molar-refractivity contribution in [3.63, 3.8) is 0 Å². The Bertz CT molecular complexity index is 1260. The van der Waals surface area contributed by atoms with Gasteiger partial charge >= 0.3 is 0 Å². The fraction of sp³-hybridized carbons (Fsp3) is 0.364. The molecule has 2 aromatic rings. The van der Waals surface area contributed by atoms with Gasteiger partial charge in [-0.3, -0.25) is 0 Å². The Morgan fingerprint density at radius 3 is 2.16 bits per heavy atom.